The number of amides is 4. The molecule has 1 saturated carbocycles. The number of fused-ring (bicyclic) bond motifs is 2. The second-order valence-electron chi connectivity index (χ2n) is 16.2. The minimum absolute atomic E-state index is 0.00193. The van der Waals surface area contributed by atoms with Crippen molar-refractivity contribution in [3.05, 3.63) is 35.9 Å². The van der Waals surface area contributed by atoms with Crippen molar-refractivity contribution in [2.75, 3.05) is 41.5 Å². The van der Waals surface area contributed by atoms with E-state index in [9.17, 15) is 24.3 Å². The van der Waals surface area contributed by atoms with Crippen molar-refractivity contribution < 1.29 is 33.8 Å². The van der Waals surface area contributed by atoms with Crippen molar-refractivity contribution in [2.24, 2.45) is 23.7 Å². The first-order chi connectivity index (χ1) is 25.3. The van der Waals surface area contributed by atoms with E-state index in [2.05, 4.69) is 29.4 Å². The number of ether oxygens (including phenoxy) is 2. The van der Waals surface area contributed by atoms with Gasteiger partial charge in [0.15, 0.2) is 0 Å². The molecule has 1 aliphatic carbocycles. The van der Waals surface area contributed by atoms with Crippen LogP contribution in [0.4, 0.5) is 0 Å². The standard InChI is InChI=1S/C41H67N5O7/c1-10-26(4)36(45(7)41(51)35(25(2)3)43-40(50)37-29-18-19-31(22-29)44(37)6)33(52-8)23-34(48)46-20-14-17-32(46)38(53-9)27(5)39(49)42-30(24-47)21-28-15-12-11-13-16-28/h11-13,15-16,25-27,29-33,35-38,47H,10,14,17-24H2,1-9H3,(H,42,49)(H,43,50)/t26-,27+,29-,30?,31+,32?,33+,35?,36-,37-,38+/m0/s1. The molecular formula is C41H67N5O7. The van der Waals surface area contributed by atoms with E-state index in [1.807, 2.05) is 56.1 Å². The van der Waals surface area contributed by atoms with Crippen LogP contribution in [0.3, 0.4) is 0 Å². The Balaban J connectivity index is 1.44. The van der Waals surface area contributed by atoms with Gasteiger partial charge < -0.3 is 35.0 Å². The Bertz CT molecular complexity index is 1360. The van der Waals surface area contributed by atoms with Gasteiger partial charge in [-0.25, -0.2) is 0 Å². The van der Waals surface area contributed by atoms with Gasteiger partial charge in [0.25, 0.3) is 0 Å². The molecule has 3 N–H and O–H groups in total. The zero-order valence-corrected chi connectivity index (χ0v) is 33.6. The van der Waals surface area contributed by atoms with Gasteiger partial charge in [-0.15, -0.1) is 0 Å². The molecule has 2 bridgehead atoms. The molecule has 0 aromatic heterocycles. The number of hydrogen-bond acceptors (Lipinski definition) is 8. The summed E-state index contributed by atoms with van der Waals surface area (Å²) in [7, 11) is 6.93. The molecule has 12 heteroatoms. The lowest BCUT2D eigenvalue weighted by molar-refractivity contribution is -0.148. The van der Waals surface area contributed by atoms with E-state index in [1.165, 1.54) is 0 Å². The number of methoxy groups -OCH3 is 2. The Kier molecular flexibility index (Phi) is 15.7. The van der Waals surface area contributed by atoms with Gasteiger partial charge in [0.2, 0.25) is 23.6 Å². The number of carbonyl (C=O) groups is 4. The van der Waals surface area contributed by atoms with Crippen molar-refractivity contribution in [3.63, 3.8) is 0 Å². The molecule has 0 spiro atoms. The molecule has 1 aromatic carbocycles. The molecule has 3 fully saturated rings. The first kappa shape index (κ1) is 42.7. The number of hydrogen-bond donors (Lipinski definition) is 3. The molecule has 3 unspecified atom stereocenters. The Morgan fingerprint density at radius 3 is 2.26 bits per heavy atom. The molecule has 53 heavy (non-hydrogen) atoms. The summed E-state index contributed by atoms with van der Waals surface area (Å²) < 4.78 is 12.0. The molecule has 298 valence electrons. The van der Waals surface area contributed by atoms with E-state index >= 15 is 0 Å². The van der Waals surface area contributed by atoms with Crippen molar-refractivity contribution in [1.82, 2.24) is 25.3 Å². The predicted octanol–water partition coefficient (Wildman–Crippen LogP) is 3.25. The van der Waals surface area contributed by atoms with Crippen LogP contribution >= 0.6 is 0 Å². The fraction of sp³-hybridized carbons (Fsp3) is 0.756. The first-order valence-corrected chi connectivity index (χ1v) is 19.9. The third-order valence-electron chi connectivity index (χ3n) is 12.6. The molecule has 11 atom stereocenters. The lowest BCUT2D eigenvalue weighted by Crippen LogP contribution is -2.60. The average molecular weight is 742 g/mol. The van der Waals surface area contributed by atoms with Crippen LogP contribution in [0.2, 0.25) is 0 Å². The maximum absolute atomic E-state index is 14.3. The van der Waals surface area contributed by atoms with Crippen molar-refractivity contribution in [3.8, 4) is 0 Å². The van der Waals surface area contributed by atoms with Gasteiger partial charge in [0.1, 0.15) is 6.04 Å². The number of carbonyl (C=O) groups excluding carboxylic acids is 4. The number of aliphatic hydroxyl groups excluding tert-OH is 1. The van der Waals surface area contributed by atoms with Gasteiger partial charge in [-0.05, 0) is 68.9 Å². The molecule has 3 aliphatic rings. The average Bonchev–Trinajstić information content (AvgIpc) is 3.90. The second-order valence-corrected chi connectivity index (χ2v) is 16.2. The summed E-state index contributed by atoms with van der Waals surface area (Å²) in [5.41, 5.74) is 1.01. The molecule has 4 rings (SSSR count). The Hall–Kier alpha value is -3.06. The molecule has 2 aliphatic heterocycles. The lowest BCUT2D eigenvalue weighted by Gasteiger charge is -2.41. The fourth-order valence-corrected chi connectivity index (χ4v) is 9.28. The maximum Gasteiger partial charge on any atom is 0.245 e. The summed E-state index contributed by atoms with van der Waals surface area (Å²) in [4.78, 5) is 61.3. The maximum atomic E-state index is 14.3. The molecule has 1 aromatic rings. The van der Waals surface area contributed by atoms with Gasteiger partial charge in [0, 0.05) is 33.9 Å². The van der Waals surface area contributed by atoms with Crippen LogP contribution in [-0.4, -0.2) is 133 Å². The van der Waals surface area contributed by atoms with E-state index in [-0.39, 0.29) is 60.6 Å². The normalized spacial score (nSPS) is 25.4. The fourth-order valence-electron chi connectivity index (χ4n) is 9.28. The SMILES string of the molecule is CC[C@H](C)[C@@H]([C@@H](CC(=O)N1CCCC1[C@H](OC)[C@@H](C)C(=O)NC(CO)Cc1ccccc1)OC)N(C)C(=O)C(NC(=O)[C@@H]1[C@H]2CC[C@H](C2)N1C)C(C)C. The van der Waals surface area contributed by atoms with Crippen LogP contribution in [0.1, 0.15) is 85.1 Å². The highest BCUT2D eigenvalue weighted by Gasteiger charge is 2.48. The van der Waals surface area contributed by atoms with Gasteiger partial charge >= 0.3 is 0 Å². The zero-order chi connectivity index (χ0) is 39.0. The number of nitrogens with one attached hydrogen (secondary N) is 2. The van der Waals surface area contributed by atoms with Gasteiger partial charge in [0.05, 0.1) is 55.3 Å². The summed E-state index contributed by atoms with van der Waals surface area (Å²) in [6, 6.07) is 8.02. The van der Waals surface area contributed by atoms with Crippen LogP contribution < -0.4 is 10.6 Å². The van der Waals surface area contributed by atoms with E-state index < -0.39 is 36.3 Å². The van der Waals surface area contributed by atoms with Crippen LogP contribution in [0.15, 0.2) is 30.3 Å². The Labute approximate surface area is 317 Å². The highest BCUT2D eigenvalue weighted by Crippen LogP contribution is 2.41. The van der Waals surface area contributed by atoms with E-state index in [0.717, 1.165) is 37.7 Å². The summed E-state index contributed by atoms with van der Waals surface area (Å²) in [5, 5.41) is 16.2. The monoisotopic (exact) mass is 742 g/mol. The Morgan fingerprint density at radius 2 is 1.70 bits per heavy atom. The van der Waals surface area contributed by atoms with Crippen LogP contribution in [0, 0.1) is 23.7 Å². The number of aliphatic hydroxyl groups is 1. The quantitative estimate of drug-likeness (QED) is 0.197. The highest BCUT2D eigenvalue weighted by atomic mass is 16.5. The smallest absolute Gasteiger partial charge is 0.245 e. The molecule has 4 amide bonds. The zero-order valence-electron chi connectivity index (χ0n) is 33.6. The van der Waals surface area contributed by atoms with Gasteiger partial charge in [-0.3, -0.25) is 24.1 Å². The Morgan fingerprint density at radius 1 is 1.00 bits per heavy atom. The number of nitrogens with zero attached hydrogens (tertiary/aromatic N) is 3. The summed E-state index contributed by atoms with van der Waals surface area (Å²) >= 11 is 0. The van der Waals surface area contributed by atoms with E-state index in [4.69, 9.17) is 9.47 Å². The lowest BCUT2D eigenvalue weighted by atomic mass is 9.89. The van der Waals surface area contributed by atoms with Crippen LogP contribution in [0.5, 0.6) is 0 Å². The molecule has 12 nitrogen and oxygen atoms in total. The van der Waals surface area contributed by atoms with E-state index in [0.29, 0.717) is 31.3 Å². The second kappa shape index (κ2) is 19.5. The topological polar surface area (TPSA) is 141 Å². The van der Waals surface area contributed by atoms with Gasteiger partial charge in [-0.1, -0.05) is 71.4 Å². The summed E-state index contributed by atoms with van der Waals surface area (Å²) in [6.07, 6.45) is 4.80. The summed E-state index contributed by atoms with van der Waals surface area (Å²) in [5.74, 6) is -1.03. The summed E-state index contributed by atoms with van der Waals surface area (Å²) in [6.45, 7) is 10.2. The first-order valence-electron chi connectivity index (χ1n) is 19.9. The predicted molar refractivity (Wildman–Crippen MR) is 205 cm³/mol. The minimum Gasteiger partial charge on any atom is -0.394 e. The number of rotatable bonds is 19. The molecular weight excluding hydrogens is 674 g/mol. The van der Waals surface area contributed by atoms with Crippen LogP contribution in [0.25, 0.3) is 0 Å². The number of benzene rings is 1. The highest BCUT2D eigenvalue weighted by molar-refractivity contribution is 5.90. The molecule has 0 radical (unpaired) electrons. The van der Waals surface area contributed by atoms with Crippen molar-refractivity contribution in [1.29, 1.82) is 0 Å². The number of piperidine rings is 1. The van der Waals surface area contributed by atoms with E-state index in [1.54, 1.807) is 33.1 Å². The van der Waals surface area contributed by atoms with Crippen LogP contribution in [-0.2, 0) is 35.1 Å². The third-order valence-corrected chi connectivity index (χ3v) is 12.6. The minimum atomic E-state index is -0.712. The van der Waals surface area contributed by atoms with Crippen molar-refractivity contribution in [2.45, 2.75) is 134 Å². The number of likely N-dealkylation sites (tertiary alicyclic amines) is 2. The number of likely N-dealkylation sites (N-methyl/N-ethyl adjacent to an activating group) is 2. The van der Waals surface area contributed by atoms with Crippen molar-refractivity contribution >= 4 is 23.6 Å². The largest absolute Gasteiger partial charge is 0.394 e. The van der Waals surface area contributed by atoms with Gasteiger partial charge in [-0.2, -0.15) is 0 Å². The molecule has 2 heterocycles. The third kappa shape index (κ3) is 9.98. The molecule has 2 saturated heterocycles.